The quantitative estimate of drug-likeness (QED) is 0.617. The third-order valence-electron chi connectivity index (χ3n) is 1.99. The highest BCUT2D eigenvalue weighted by Gasteiger charge is 2.13. The van der Waals surface area contributed by atoms with E-state index in [0.717, 1.165) is 6.42 Å². The van der Waals surface area contributed by atoms with Crippen LogP contribution < -0.4 is 0 Å². The molecule has 0 saturated heterocycles. The summed E-state index contributed by atoms with van der Waals surface area (Å²) in [6.07, 6.45) is 6.50. The fraction of sp³-hybridized carbons (Fsp3) is 0.500. The summed E-state index contributed by atoms with van der Waals surface area (Å²) in [7, 11) is 3.06. The highest BCUT2D eigenvalue weighted by Crippen LogP contribution is 2.17. The van der Waals surface area contributed by atoms with E-state index in [0.29, 0.717) is 18.1 Å². The maximum atomic E-state index is 11.1. The van der Waals surface area contributed by atoms with E-state index in [2.05, 4.69) is 4.74 Å². The minimum atomic E-state index is -0.271. The standard InChI is InChI=1S/C10H14O3/c1-12-7-8-3-5-9(6-4-8)10(11)13-2/h3,5-6,8H,4,7H2,1-2H3. The zero-order valence-electron chi connectivity index (χ0n) is 7.95. The van der Waals surface area contributed by atoms with Gasteiger partial charge in [-0.05, 0) is 6.42 Å². The minimum absolute atomic E-state index is 0.271. The normalized spacial score (nSPS) is 21.1. The third kappa shape index (κ3) is 2.70. The molecule has 1 unspecified atom stereocenters. The second-order valence-electron chi connectivity index (χ2n) is 2.96. The van der Waals surface area contributed by atoms with Crippen LogP contribution in [0.5, 0.6) is 0 Å². The molecule has 72 valence electrons. The Labute approximate surface area is 78.0 Å². The Kier molecular flexibility index (Phi) is 3.71. The van der Waals surface area contributed by atoms with E-state index in [1.54, 1.807) is 13.2 Å². The van der Waals surface area contributed by atoms with Gasteiger partial charge in [0.2, 0.25) is 0 Å². The number of carbonyl (C=O) groups is 1. The topological polar surface area (TPSA) is 35.5 Å². The molecule has 3 nitrogen and oxygen atoms in total. The Morgan fingerprint density at radius 1 is 1.62 bits per heavy atom. The average molecular weight is 182 g/mol. The molecule has 1 aliphatic carbocycles. The van der Waals surface area contributed by atoms with Crippen LogP contribution >= 0.6 is 0 Å². The van der Waals surface area contributed by atoms with Gasteiger partial charge in [0.1, 0.15) is 0 Å². The van der Waals surface area contributed by atoms with Crippen molar-refractivity contribution < 1.29 is 14.3 Å². The molecule has 0 N–H and O–H groups in total. The predicted octanol–water partition coefficient (Wildman–Crippen LogP) is 1.31. The zero-order valence-corrected chi connectivity index (χ0v) is 7.95. The second kappa shape index (κ2) is 4.82. The van der Waals surface area contributed by atoms with Gasteiger partial charge < -0.3 is 9.47 Å². The molecule has 0 fully saturated rings. The van der Waals surface area contributed by atoms with E-state index >= 15 is 0 Å². The summed E-state index contributed by atoms with van der Waals surface area (Å²) in [5.41, 5.74) is 0.634. The molecule has 13 heavy (non-hydrogen) atoms. The van der Waals surface area contributed by atoms with Gasteiger partial charge >= 0.3 is 5.97 Å². The number of allylic oxidation sites excluding steroid dienone is 1. The number of carbonyl (C=O) groups excluding carboxylic acids is 1. The Morgan fingerprint density at radius 3 is 2.85 bits per heavy atom. The van der Waals surface area contributed by atoms with E-state index in [9.17, 15) is 4.79 Å². The number of rotatable bonds is 3. The van der Waals surface area contributed by atoms with Gasteiger partial charge in [-0.25, -0.2) is 4.79 Å². The van der Waals surface area contributed by atoms with Gasteiger partial charge in [-0.3, -0.25) is 0 Å². The molecule has 0 amide bonds. The van der Waals surface area contributed by atoms with Crippen LogP contribution in [0.15, 0.2) is 23.8 Å². The maximum absolute atomic E-state index is 11.1. The smallest absolute Gasteiger partial charge is 0.337 e. The van der Waals surface area contributed by atoms with Gasteiger partial charge in [0.15, 0.2) is 0 Å². The largest absolute Gasteiger partial charge is 0.465 e. The van der Waals surface area contributed by atoms with Gasteiger partial charge in [-0.2, -0.15) is 0 Å². The van der Waals surface area contributed by atoms with Gasteiger partial charge in [0.05, 0.1) is 19.3 Å². The van der Waals surface area contributed by atoms with Crippen molar-refractivity contribution >= 4 is 5.97 Å². The summed E-state index contributed by atoms with van der Waals surface area (Å²) in [5, 5.41) is 0. The number of esters is 1. The first-order valence-corrected chi connectivity index (χ1v) is 4.23. The van der Waals surface area contributed by atoms with Crippen LogP contribution in [-0.4, -0.2) is 26.8 Å². The Balaban J connectivity index is 2.49. The maximum Gasteiger partial charge on any atom is 0.337 e. The van der Waals surface area contributed by atoms with Crippen molar-refractivity contribution in [3.8, 4) is 0 Å². The zero-order chi connectivity index (χ0) is 9.68. The van der Waals surface area contributed by atoms with Gasteiger partial charge in [0, 0.05) is 13.0 Å². The number of hydrogen-bond donors (Lipinski definition) is 0. The van der Waals surface area contributed by atoms with Crippen molar-refractivity contribution in [2.45, 2.75) is 6.42 Å². The SMILES string of the molecule is COCC1C=CC(C(=O)OC)=CC1. The molecule has 0 aromatic heterocycles. The molecule has 0 radical (unpaired) electrons. The van der Waals surface area contributed by atoms with Crippen LogP contribution in [0.1, 0.15) is 6.42 Å². The number of ether oxygens (including phenoxy) is 2. The molecule has 0 aliphatic heterocycles. The summed E-state index contributed by atoms with van der Waals surface area (Å²) >= 11 is 0. The van der Waals surface area contributed by atoms with Crippen molar-refractivity contribution in [3.63, 3.8) is 0 Å². The minimum Gasteiger partial charge on any atom is -0.465 e. The fourth-order valence-electron chi connectivity index (χ4n) is 1.27. The van der Waals surface area contributed by atoms with Crippen molar-refractivity contribution in [2.24, 2.45) is 5.92 Å². The van der Waals surface area contributed by atoms with E-state index in [-0.39, 0.29) is 5.97 Å². The molecule has 0 heterocycles. The lowest BCUT2D eigenvalue weighted by molar-refractivity contribution is -0.135. The molecule has 0 saturated carbocycles. The van der Waals surface area contributed by atoms with Crippen LogP contribution in [0.25, 0.3) is 0 Å². The summed E-state index contributed by atoms with van der Waals surface area (Å²) < 4.78 is 9.60. The molecule has 0 spiro atoms. The summed E-state index contributed by atoms with van der Waals surface area (Å²) in [6, 6.07) is 0. The second-order valence-corrected chi connectivity index (χ2v) is 2.96. The molecule has 0 aromatic rings. The Hall–Kier alpha value is -1.09. The van der Waals surface area contributed by atoms with Crippen molar-refractivity contribution in [1.29, 1.82) is 0 Å². The summed E-state index contributed by atoms with van der Waals surface area (Å²) in [5.74, 6) is 0.116. The predicted molar refractivity (Wildman–Crippen MR) is 49.2 cm³/mol. The van der Waals surface area contributed by atoms with Gasteiger partial charge in [-0.1, -0.05) is 18.2 Å². The molecule has 1 atom stereocenters. The number of hydrogen-bond acceptors (Lipinski definition) is 3. The van der Waals surface area contributed by atoms with Crippen LogP contribution in [0.4, 0.5) is 0 Å². The summed E-state index contributed by atoms with van der Waals surface area (Å²) in [4.78, 5) is 11.1. The van der Waals surface area contributed by atoms with Crippen molar-refractivity contribution in [2.75, 3.05) is 20.8 Å². The van der Waals surface area contributed by atoms with Crippen molar-refractivity contribution in [1.82, 2.24) is 0 Å². The summed E-state index contributed by atoms with van der Waals surface area (Å²) in [6.45, 7) is 0.696. The Morgan fingerprint density at radius 2 is 2.38 bits per heavy atom. The first-order chi connectivity index (χ1) is 6.27. The number of methoxy groups -OCH3 is 2. The lowest BCUT2D eigenvalue weighted by Gasteiger charge is -2.13. The highest BCUT2D eigenvalue weighted by molar-refractivity contribution is 5.91. The van der Waals surface area contributed by atoms with Crippen LogP contribution in [0, 0.1) is 5.92 Å². The lowest BCUT2D eigenvalue weighted by atomic mass is 9.97. The van der Waals surface area contributed by atoms with Gasteiger partial charge in [0.25, 0.3) is 0 Å². The molecule has 1 rings (SSSR count). The van der Waals surface area contributed by atoms with E-state index in [4.69, 9.17) is 4.74 Å². The van der Waals surface area contributed by atoms with Crippen LogP contribution in [0.2, 0.25) is 0 Å². The van der Waals surface area contributed by atoms with E-state index in [1.165, 1.54) is 7.11 Å². The first kappa shape index (κ1) is 9.99. The van der Waals surface area contributed by atoms with Crippen LogP contribution in [0.3, 0.4) is 0 Å². The molecule has 1 aliphatic rings. The monoisotopic (exact) mass is 182 g/mol. The molecule has 0 bridgehead atoms. The third-order valence-corrected chi connectivity index (χ3v) is 1.99. The van der Waals surface area contributed by atoms with Crippen LogP contribution in [-0.2, 0) is 14.3 Å². The molecular formula is C10H14O3. The van der Waals surface area contributed by atoms with Gasteiger partial charge in [-0.15, -0.1) is 0 Å². The lowest BCUT2D eigenvalue weighted by Crippen LogP contribution is -2.11. The van der Waals surface area contributed by atoms with Crippen molar-refractivity contribution in [3.05, 3.63) is 23.8 Å². The molecule has 0 aromatic carbocycles. The fourth-order valence-corrected chi connectivity index (χ4v) is 1.27. The van der Waals surface area contributed by atoms with E-state index < -0.39 is 0 Å². The highest BCUT2D eigenvalue weighted by atomic mass is 16.5. The first-order valence-electron chi connectivity index (χ1n) is 4.23. The van der Waals surface area contributed by atoms with E-state index in [1.807, 2.05) is 12.2 Å². The molecular weight excluding hydrogens is 168 g/mol. The Bertz CT molecular complexity index is 241. The molecule has 3 heteroatoms. The average Bonchev–Trinajstić information content (AvgIpc) is 2.18.